The molecule has 0 aromatic rings. The molecule has 0 unspecified atom stereocenters. The zero-order chi connectivity index (χ0) is 12.0. The molecule has 2 N–H and O–H groups in total. The minimum absolute atomic E-state index is 0.160. The van der Waals surface area contributed by atoms with Crippen molar-refractivity contribution < 1.29 is 9.53 Å². The van der Waals surface area contributed by atoms with E-state index in [1.165, 1.54) is 0 Å². The number of nitrogens with one attached hydrogen (secondary N) is 2. The lowest BCUT2D eigenvalue weighted by Crippen LogP contribution is -2.51. The van der Waals surface area contributed by atoms with Crippen LogP contribution in [0.15, 0.2) is 12.7 Å². The first-order chi connectivity index (χ1) is 7.61. The predicted molar refractivity (Wildman–Crippen MR) is 63.2 cm³/mol. The van der Waals surface area contributed by atoms with Crippen LogP contribution in [0.4, 0.5) is 4.79 Å². The Balaban J connectivity index is 2.21. The molecule has 1 aliphatic heterocycles. The van der Waals surface area contributed by atoms with E-state index in [9.17, 15) is 4.79 Å². The lowest BCUT2D eigenvalue weighted by Gasteiger charge is -2.35. The van der Waals surface area contributed by atoms with Gasteiger partial charge in [0.2, 0.25) is 0 Å². The third-order valence-corrected chi connectivity index (χ3v) is 2.37. The number of carbonyl (C=O) groups excluding carboxylic acids is 1. The fraction of sp³-hybridized carbons (Fsp3) is 0.727. The average Bonchev–Trinajstić information content (AvgIpc) is 2.22. The molecule has 1 rings (SSSR count). The van der Waals surface area contributed by atoms with E-state index in [-0.39, 0.29) is 18.2 Å². The van der Waals surface area contributed by atoms with Gasteiger partial charge in [0.1, 0.15) is 0 Å². The highest BCUT2D eigenvalue weighted by atomic mass is 16.5. The molecular weight excluding hydrogens is 206 g/mol. The molecule has 1 fully saturated rings. The van der Waals surface area contributed by atoms with Crippen LogP contribution in [0.3, 0.4) is 0 Å². The van der Waals surface area contributed by atoms with Gasteiger partial charge >= 0.3 is 6.03 Å². The summed E-state index contributed by atoms with van der Waals surface area (Å²) in [6.45, 7) is 10.4. The molecule has 0 aromatic carbocycles. The average molecular weight is 227 g/mol. The minimum atomic E-state index is -0.160. The first-order valence-electron chi connectivity index (χ1n) is 5.62. The van der Waals surface area contributed by atoms with Gasteiger partial charge in [-0.25, -0.2) is 4.79 Å². The third-order valence-electron chi connectivity index (χ3n) is 2.37. The van der Waals surface area contributed by atoms with Crippen molar-refractivity contribution in [3.63, 3.8) is 0 Å². The molecule has 5 nitrogen and oxygen atoms in total. The molecule has 0 bridgehead atoms. The molecule has 0 saturated carbocycles. The van der Waals surface area contributed by atoms with E-state index in [0.29, 0.717) is 13.2 Å². The first-order valence-corrected chi connectivity index (χ1v) is 5.62. The van der Waals surface area contributed by atoms with Crippen LogP contribution in [-0.2, 0) is 4.74 Å². The summed E-state index contributed by atoms with van der Waals surface area (Å²) < 4.78 is 5.60. The Morgan fingerprint density at radius 1 is 1.44 bits per heavy atom. The van der Waals surface area contributed by atoms with Gasteiger partial charge in [-0.3, -0.25) is 4.90 Å². The molecule has 16 heavy (non-hydrogen) atoms. The van der Waals surface area contributed by atoms with Crippen molar-refractivity contribution in [1.29, 1.82) is 0 Å². The van der Waals surface area contributed by atoms with Crippen molar-refractivity contribution in [2.75, 3.05) is 26.3 Å². The SMILES string of the molecule is C=CCNC(=O)NCN1C[C@H](C)O[C@@H](C)C1. The summed E-state index contributed by atoms with van der Waals surface area (Å²) in [5.41, 5.74) is 0. The monoisotopic (exact) mass is 227 g/mol. The fourth-order valence-electron chi connectivity index (χ4n) is 1.82. The summed E-state index contributed by atoms with van der Waals surface area (Å²) in [6, 6.07) is -0.160. The molecule has 0 aromatic heterocycles. The van der Waals surface area contributed by atoms with Gasteiger partial charge in [-0.2, -0.15) is 0 Å². The van der Waals surface area contributed by atoms with E-state index in [1.807, 2.05) is 13.8 Å². The predicted octanol–water partition coefficient (Wildman–Crippen LogP) is 0.538. The number of nitrogens with zero attached hydrogens (tertiary/aromatic N) is 1. The first kappa shape index (κ1) is 13.0. The van der Waals surface area contributed by atoms with Gasteiger partial charge in [-0.15, -0.1) is 6.58 Å². The highest BCUT2D eigenvalue weighted by Crippen LogP contribution is 2.08. The lowest BCUT2D eigenvalue weighted by atomic mass is 10.2. The van der Waals surface area contributed by atoms with E-state index >= 15 is 0 Å². The number of urea groups is 1. The number of morpholine rings is 1. The van der Waals surface area contributed by atoms with Gasteiger partial charge in [-0.05, 0) is 13.8 Å². The van der Waals surface area contributed by atoms with Crippen LogP contribution in [0.2, 0.25) is 0 Å². The van der Waals surface area contributed by atoms with Crippen molar-refractivity contribution in [2.45, 2.75) is 26.1 Å². The van der Waals surface area contributed by atoms with E-state index in [2.05, 4.69) is 22.1 Å². The number of carbonyl (C=O) groups is 1. The van der Waals surface area contributed by atoms with E-state index in [0.717, 1.165) is 13.1 Å². The maximum Gasteiger partial charge on any atom is 0.316 e. The number of ether oxygens (including phenoxy) is 1. The molecule has 1 aliphatic rings. The van der Waals surface area contributed by atoms with Crippen molar-refractivity contribution >= 4 is 6.03 Å². The molecule has 2 atom stereocenters. The lowest BCUT2D eigenvalue weighted by molar-refractivity contribution is -0.0689. The molecule has 92 valence electrons. The van der Waals surface area contributed by atoms with Gasteiger partial charge in [-0.1, -0.05) is 6.08 Å². The molecule has 0 radical (unpaired) electrons. The van der Waals surface area contributed by atoms with Crippen LogP contribution in [0, 0.1) is 0 Å². The number of rotatable bonds is 4. The van der Waals surface area contributed by atoms with E-state index in [4.69, 9.17) is 4.74 Å². The van der Waals surface area contributed by atoms with Crippen LogP contribution in [0.1, 0.15) is 13.8 Å². The summed E-state index contributed by atoms with van der Waals surface area (Å²) in [4.78, 5) is 13.5. The number of hydrogen-bond donors (Lipinski definition) is 2. The van der Waals surface area contributed by atoms with Gasteiger partial charge in [0.25, 0.3) is 0 Å². The largest absolute Gasteiger partial charge is 0.373 e. The molecule has 1 saturated heterocycles. The number of amides is 2. The number of hydrogen-bond acceptors (Lipinski definition) is 3. The van der Waals surface area contributed by atoms with Crippen molar-refractivity contribution in [2.24, 2.45) is 0 Å². The second-order valence-corrected chi connectivity index (χ2v) is 4.13. The van der Waals surface area contributed by atoms with Crippen molar-refractivity contribution in [3.05, 3.63) is 12.7 Å². The van der Waals surface area contributed by atoms with Gasteiger partial charge in [0, 0.05) is 19.6 Å². The Kier molecular flexibility index (Phi) is 5.28. The summed E-state index contributed by atoms with van der Waals surface area (Å²) in [5.74, 6) is 0. The fourth-order valence-corrected chi connectivity index (χ4v) is 1.82. The maximum atomic E-state index is 11.3. The molecule has 2 amide bonds. The van der Waals surface area contributed by atoms with Crippen molar-refractivity contribution in [3.8, 4) is 0 Å². The Labute approximate surface area is 96.8 Å². The van der Waals surface area contributed by atoms with Crippen LogP contribution < -0.4 is 10.6 Å². The third kappa shape index (κ3) is 4.63. The van der Waals surface area contributed by atoms with E-state index < -0.39 is 0 Å². The highest BCUT2D eigenvalue weighted by molar-refractivity contribution is 5.73. The summed E-state index contributed by atoms with van der Waals surface area (Å²) >= 11 is 0. The van der Waals surface area contributed by atoms with Crippen LogP contribution in [-0.4, -0.2) is 49.4 Å². The molecule has 5 heteroatoms. The van der Waals surface area contributed by atoms with Gasteiger partial charge < -0.3 is 15.4 Å². The zero-order valence-corrected chi connectivity index (χ0v) is 10.0. The Morgan fingerprint density at radius 3 is 2.62 bits per heavy atom. The quantitative estimate of drug-likeness (QED) is 0.689. The van der Waals surface area contributed by atoms with Crippen LogP contribution in [0.5, 0.6) is 0 Å². The van der Waals surface area contributed by atoms with Gasteiger partial charge in [0.15, 0.2) is 0 Å². The summed E-state index contributed by atoms with van der Waals surface area (Å²) in [7, 11) is 0. The maximum absolute atomic E-state index is 11.3. The minimum Gasteiger partial charge on any atom is -0.373 e. The molecule has 1 heterocycles. The molecule has 0 spiro atoms. The second-order valence-electron chi connectivity index (χ2n) is 4.13. The Bertz CT molecular complexity index is 235. The summed E-state index contributed by atoms with van der Waals surface area (Å²) in [6.07, 6.45) is 2.10. The smallest absolute Gasteiger partial charge is 0.316 e. The highest BCUT2D eigenvalue weighted by Gasteiger charge is 2.21. The Morgan fingerprint density at radius 2 is 2.06 bits per heavy atom. The topological polar surface area (TPSA) is 53.6 Å². The van der Waals surface area contributed by atoms with Crippen LogP contribution >= 0.6 is 0 Å². The zero-order valence-electron chi connectivity index (χ0n) is 10.0. The summed E-state index contributed by atoms with van der Waals surface area (Å²) in [5, 5.41) is 5.47. The standard InChI is InChI=1S/C11H21N3O2/c1-4-5-12-11(15)13-8-14-6-9(2)16-10(3)7-14/h4,9-10H,1,5-8H2,2-3H3,(H2,12,13,15)/t9-,10-/m0/s1. The second kappa shape index (κ2) is 6.50. The van der Waals surface area contributed by atoms with Crippen LogP contribution in [0.25, 0.3) is 0 Å². The van der Waals surface area contributed by atoms with Crippen molar-refractivity contribution in [1.82, 2.24) is 15.5 Å². The molecule has 0 aliphatic carbocycles. The normalized spacial score (nSPS) is 26.1. The van der Waals surface area contributed by atoms with Gasteiger partial charge in [0.05, 0.1) is 18.9 Å². The molecular formula is C11H21N3O2. The van der Waals surface area contributed by atoms with E-state index in [1.54, 1.807) is 6.08 Å². The Hall–Kier alpha value is -1.07.